The second-order valence-corrected chi connectivity index (χ2v) is 6.81. The van der Waals surface area contributed by atoms with Crippen molar-refractivity contribution in [1.82, 2.24) is 15.5 Å². The van der Waals surface area contributed by atoms with E-state index < -0.39 is 18.4 Å². The summed E-state index contributed by atoms with van der Waals surface area (Å²) in [5, 5.41) is 13.6. The standard InChI is InChI=1S/C15H14F2N4O3S2/c1-2-7-18-14-20-21-15(26-14)25-8-11(22)19-12(23)9-3-5-10(6-4-9)24-13(16)17/h2-6,13H,1,7-8H2,(H,18,20)(H,19,22,23). The number of nitrogens with zero attached hydrogens (tertiary/aromatic N) is 2. The first-order chi connectivity index (χ1) is 12.5. The minimum Gasteiger partial charge on any atom is -0.435 e. The normalized spacial score (nSPS) is 10.4. The maximum absolute atomic E-state index is 12.1. The van der Waals surface area contributed by atoms with Gasteiger partial charge < -0.3 is 10.1 Å². The lowest BCUT2D eigenvalue weighted by Crippen LogP contribution is -2.31. The number of carbonyl (C=O) groups is 2. The van der Waals surface area contributed by atoms with Crippen LogP contribution in [-0.2, 0) is 4.79 Å². The van der Waals surface area contributed by atoms with Crippen molar-refractivity contribution in [2.45, 2.75) is 11.0 Å². The molecule has 1 aromatic heterocycles. The Labute approximate surface area is 155 Å². The number of aromatic nitrogens is 2. The van der Waals surface area contributed by atoms with Gasteiger partial charge in [0.2, 0.25) is 11.0 Å². The van der Waals surface area contributed by atoms with Crippen molar-refractivity contribution in [3.63, 3.8) is 0 Å². The van der Waals surface area contributed by atoms with Crippen LogP contribution in [0.1, 0.15) is 10.4 Å². The topological polar surface area (TPSA) is 93.2 Å². The summed E-state index contributed by atoms with van der Waals surface area (Å²) in [5.74, 6) is -1.24. The summed E-state index contributed by atoms with van der Waals surface area (Å²) in [6.07, 6.45) is 1.68. The number of hydrogen-bond acceptors (Lipinski definition) is 8. The maximum Gasteiger partial charge on any atom is 0.387 e. The number of rotatable bonds is 9. The average Bonchev–Trinajstić information content (AvgIpc) is 3.06. The van der Waals surface area contributed by atoms with Gasteiger partial charge in [0, 0.05) is 12.1 Å². The van der Waals surface area contributed by atoms with E-state index in [0.717, 1.165) is 11.8 Å². The van der Waals surface area contributed by atoms with E-state index in [1.807, 2.05) is 0 Å². The molecule has 0 aliphatic rings. The molecule has 1 heterocycles. The number of nitrogens with one attached hydrogen (secondary N) is 2. The van der Waals surface area contributed by atoms with E-state index >= 15 is 0 Å². The summed E-state index contributed by atoms with van der Waals surface area (Å²) < 4.78 is 28.9. The highest BCUT2D eigenvalue weighted by atomic mass is 32.2. The third kappa shape index (κ3) is 6.41. The first-order valence-corrected chi connectivity index (χ1v) is 8.98. The largest absolute Gasteiger partial charge is 0.435 e. The van der Waals surface area contributed by atoms with Crippen molar-refractivity contribution < 1.29 is 23.1 Å². The molecule has 2 N–H and O–H groups in total. The van der Waals surface area contributed by atoms with Crippen molar-refractivity contribution in [2.75, 3.05) is 17.6 Å². The zero-order valence-electron chi connectivity index (χ0n) is 13.3. The van der Waals surface area contributed by atoms with Crippen LogP contribution in [0.3, 0.4) is 0 Å². The molecule has 26 heavy (non-hydrogen) atoms. The quantitative estimate of drug-likeness (QED) is 0.494. The van der Waals surface area contributed by atoms with Crippen LogP contribution >= 0.6 is 23.1 Å². The van der Waals surface area contributed by atoms with Crippen molar-refractivity contribution in [3.8, 4) is 5.75 Å². The van der Waals surface area contributed by atoms with Gasteiger partial charge in [0.15, 0.2) is 4.34 Å². The van der Waals surface area contributed by atoms with Crippen LogP contribution in [0.25, 0.3) is 0 Å². The molecule has 0 saturated heterocycles. The van der Waals surface area contributed by atoms with Crippen LogP contribution in [0.15, 0.2) is 41.3 Å². The SMILES string of the molecule is C=CCNc1nnc(SCC(=O)NC(=O)c2ccc(OC(F)F)cc2)s1. The van der Waals surface area contributed by atoms with Crippen LogP contribution < -0.4 is 15.4 Å². The van der Waals surface area contributed by atoms with Gasteiger partial charge in [0.25, 0.3) is 5.91 Å². The minimum atomic E-state index is -2.94. The minimum absolute atomic E-state index is 0.0194. The van der Waals surface area contributed by atoms with Crippen LogP contribution in [0.5, 0.6) is 5.75 Å². The molecule has 0 unspecified atom stereocenters. The molecule has 0 spiro atoms. The Morgan fingerprint density at radius 2 is 2.04 bits per heavy atom. The lowest BCUT2D eigenvalue weighted by molar-refractivity contribution is -0.117. The van der Waals surface area contributed by atoms with Gasteiger partial charge in [0.1, 0.15) is 5.75 Å². The zero-order valence-corrected chi connectivity index (χ0v) is 14.9. The molecule has 0 fully saturated rings. The van der Waals surface area contributed by atoms with Gasteiger partial charge in [-0.15, -0.1) is 16.8 Å². The van der Waals surface area contributed by atoms with E-state index in [2.05, 4.69) is 32.1 Å². The lowest BCUT2D eigenvalue weighted by Gasteiger charge is -2.06. The number of hydrogen-bond donors (Lipinski definition) is 2. The average molecular weight is 400 g/mol. The van der Waals surface area contributed by atoms with Crippen LogP contribution in [0.2, 0.25) is 0 Å². The highest BCUT2D eigenvalue weighted by molar-refractivity contribution is 8.01. The molecule has 1 aromatic carbocycles. The monoisotopic (exact) mass is 400 g/mol. The molecule has 11 heteroatoms. The van der Waals surface area contributed by atoms with E-state index in [0.29, 0.717) is 16.0 Å². The molecule has 2 aromatic rings. The number of carbonyl (C=O) groups excluding carboxylic acids is 2. The summed E-state index contributed by atoms with van der Waals surface area (Å²) in [7, 11) is 0. The van der Waals surface area contributed by atoms with Crippen LogP contribution in [0, 0.1) is 0 Å². The van der Waals surface area contributed by atoms with E-state index in [9.17, 15) is 18.4 Å². The van der Waals surface area contributed by atoms with Crippen molar-refractivity contribution in [3.05, 3.63) is 42.5 Å². The molecule has 0 aliphatic carbocycles. The maximum atomic E-state index is 12.1. The first-order valence-electron chi connectivity index (χ1n) is 7.18. The number of thioether (sulfide) groups is 1. The molecule has 2 amide bonds. The predicted octanol–water partition coefficient (Wildman–Crippen LogP) is 2.79. The van der Waals surface area contributed by atoms with Gasteiger partial charge in [-0.3, -0.25) is 14.9 Å². The Bertz CT molecular complexity index is 769. The van der Waals surface area contributed by atoms with Gasteiger partial charge in [-0.25, -0.2) is 0 Å². The Morgan fingerprint density at radius 3 is 2.69 bits per heavy atom. The Balaban J connectivity index is 1.80. The summed E-state index contributed by atoms with van der Waals surface area (Å²) in [4.78, 5) is 23.8. The molecule has 138 valence electrons. The molecule has 0 aliphatic heterocycles. The Morgan fingerprint density at radius 1 is 1.31 bits per heavy atom. The Hall–Kier alpha value is -2.53. The van der Waals surface area contributed by atoms with E-state index in [1.54, 1.807) is 6.08 Å². The molecule has 0 atom stereocenters. The number of halogens is 2. The number of benzene rings is 1. The van der Waals surface area contributed by atoms with Crippen LogP contribution in [-0.4, -0.2) is 40.9 Å². The Kier molecular flexibility index (Phi) is 7.48. The summed E-state index contributed by atoms with van der Waals surface area (Å²) in [6.45, 7) is 1.18. The molecular weight excluding hydrogens is 386 g/mol. The number of amides is 2. The van der Waals surface area contributed by atoms with Crippen molar-refractivity contribution in [1.29, 1.82) is 0 Å². The first kappa shape index (κ1) is 19.8. The summed E-state index contributed by atoms with van der Waals surface area (Å²) in [5.41, 5.74) is 0.150. The number of ether oxygens (including phenoxy) is 1. The van der Waals surface area contributed by atoms with Gasteiger partial charge >= 0.3 is 6.61 Å². The van der Waals surface area contributed by atoms with E-state index in [4.69, 9.17) is 0 Å². The third-order valence-corrected chi connectivity index (χ3v) is 4.74. The third-order valence-electron chi connectivity index (χ3n) is 2.73. The van der Waals surface area contributed by atoms with Gasteiger partial charge in [-0.1, -0.05) is 29.2 Å². The lowest BCUT2D eigenvalue weighted by atomic mass is 10.2. The fraction of sp³-hybridized carbons (Fsp3) is 0.200. The molecule has 7 nitrogen and oxygen atoms in total. The van der Waals surface area contributed by atoms with Gasteiger partial charge in [-0.05, 0) is 24.3 Å². The van der Waals surface area contributed by atoms with Crippen molar-refractivity contribution >= 4 is 40.0 Å². The predicted molar refractivity (Wildman–Crippen MR) is 94.9 cm³/mol. The summed E-state index contributed by atoms with van der Waals surface area (Å²) >= 11 is 2.42. The second-order valence-electron chi connectivity index (χ2n) is 4.61. The number of alkyl halides is 2. The highest BCUT2D eigenvalue weighted by Gasteiger charge is 2.13. The second kappa shape index (κ2) is 9.82. The van der Waals surface area contributed by atoms with Crippen LogP contribution in [0.4, 0.5) is 13.9 Å². The fourth-order valence-electron chi connectivity index (χ4n) is 1.65. The zero-order chi connectivity index (χ0) is 18.9. The smallest absolute Gasteiger partial charge is 0.387 e. The molecule has 0 saturated carbocycles. The van der Waals surface area contributed by atoms with Gasteiger partial charge in [-0.2, -0.15) is 8.78 Å². The molecule has 0 bridgehead atoms. The molecule has 0 radical (unpaired) electrons. The van der Waals surface area contributed by atoms with Gasteiger partial charge in [0.05, 0.1) is 5.75 Å². The number of imide groups is 1. The highest BCUT2D eigenvalue weighted by Crippen LogP contribution is 2.25. The van der Waals surface area contributed by atoms with E-state index in [1.165, 1.54) is 35.6 Å². The van der Waals surface area contributed by atoms with E-state index in [-0.39, 0.29) is 17.1 Å². The fourth-order valence-corrected chi connectivity index (χ4v) is 3.21. The molecular formula is C15H14F2N4O3S2. The summed E-state index contributed by atoms with van der Waals surface area (Å²) in [6, 6.07) is 5.02. The molecule has 2 rings (SSSR count). The number of anilines is 1. The van der Waals surface area contributed by atoms with Crippen molar-refractivity contribution in [2.24, 2.45) is 0 Å².